The van der Waals surface area contributed by atoms with Crippen molar-refractivity contribution in [2.45, 2.75) is 73.2 Å². The summed E-state index contributed by atoms with van der Waals surface area (Å²) in [6.45, 7) is -1.42. The Balaban J connectivity index is 1.18. The Morgan fingerprint density at radius 2 is 0.870 bits per heavy atom. The molecule has 77 heavy (non-hydrogen) atoms. The topological polar surface area (TPSA) is 221 Å². The van der Waals surface area contributed by atoms with Crippen molar-refractivity contribution in [2.75, 3.05) is 13.2 Å². The van der Waals surface area contributed by atoms with Crippen LogP contribution in [0.4, 0.5) is 13.2 Å². The zero-order valence-corrected chi connectivity index (χ0v) is 40.8. The highest BCUT2D eigenvalue weighted by atomic mass is 32.2. The fourth-order valence-electron chi connectivity index (χ4n) is 8.42. The highest BCUT2D eigenvalue weighted by Gasteiger charge is 2.61. The zero-order valence-electron chi connectivity index (χ0n) is 40.0. The quantitative estimate of drug-likeness (QED) is 0.0395. The van der Waals surface area contributed by atoms with E-state index in [9.17, 15) is 45.6 Å². The molecule has 0 spiro atoms. The van der Waals surface area contributed by atoms with Crippen LogP contribution >= 0.6 is 0 Å². The third kappa shape index (κ3) is 12.9. The lowest BCUT2D eigenvalue weighted by Gasteiger charge is -2.50. The summed E-state index contributed by atoms with van der Waals surface area (Å²) in [6, 6.07) is 44.8. The van der Waals surface area contributed by atoms with Crippen molar-refractivity contribution < 1.29 is 97.1 Å². The van der Waals surface area contributed by atoms with E-state index in [4.69, 9.17) is 51.6 Å². The molecule has 3 heterocycles. The fraction of sp³-hybridized carbons (Fsp3) is 0.255. The molecule has 0 aliphatic carbocycles. The maximum atomic E-state index is 14.5. The predicted molar refractivity (Wildman–Crippen MR) is 258 cm³/mol. The van der Waals surface area contributed by atoms with Gasteiger partial charge in [-0.05, 0) is 60.7 Å². The molecule has 400 valence electrons. The van der Waals surface area contributed by atoms with E-state index in [1.54, 1.807) is 72.8 Å². The van der Waals surface area contributed by atoms with Gasteiger partial charge in [-0.2, -0.15) is 21.6 Å². The lowest BCUT2D eigenvalue weighted by Crippen LogP contribution is -2.68. The highest BCUT2D eigenvalue weighted by molar-refractivity contribution is 7.87. The van der Waals surface area contributed by atoms with E-state index in [1.807, 2.05) is 0 Å². The van der Waals surface area contributed by atoms with Crippen molar-refractivity contribution in [1.29, 1.82) is 0 Å². The van der Waals surface area contributed by atoms with Crippen molar-refractivity contribution in [3.8, 4) is 0 Å². The number of fused-ring (bicyclic) bond motifs is 1. The van der Waals surface area contributed by atoms with Gasteiger partial charge < -0.3 is 47.4 Å². The number of hydrogen-bond donors (Lipinski definition) is 0. The lowest BCUT2D eigenvalue weighted by atomic mass is 9.95. The molecule has 3 aliphatic heterocycles. The van der Waals surface area contributed by atoms with Crippen LogP contribution in [0, 0.1) is 0 Å². The number of halogens is 3. The Kier molecular flexibility index (Phi) is 16.8. The first kappa shape index (κ1) is 54.0. The van der Waals surface area contributed by atoms with Gasteiger partial charge in [0.25, 0.3) is 0 Å². The van der Waals surface area contributed by atoms with E-state index in [-0.39, 0.29) is 27.8 Å². The molecule has 3 saturated heterocycles. The van der Waals surface area contributed by atoms with Gasteiger partial charge in [0.15, 0.2) is 24.8 Å². The van der Waals surface area contributed by atoms with E-state index in [1.165, 1.54) is 109 Å². The number of esters is 5. The number of carbonyl (C=O) groups is 5. The fourth-order valence-corrected chi connectivity index (χ4v) is 9.04. The molecule has 0 aromatic heterocycles. The molecule has 0 amide bonds. The summed E-state index contributed by atoms with van der Waals surface area (Å²) in [5.74, 6) is -5.44. The lowest BCUT2D eigenvalue weighted by molar-refractivity contribution is -0.380. The van der Waals surface area contributed by atoms with E-state index >= 15 is 0 Å². The summed E-state index contributed by atoms with van der Waals surface area (Å²) < 4.78 is 136. The molecular formula is C55H45F3O18S. The summed E-state index contributed by atoms with van der Waals surface area (Å²) in [5.41, 5.74) is -6.02. The molecule has 3 aliphatic rings. The number of alkyl halides is 3. The monoisotopic (exact) mass is 1080 g/mol. The Morgan fingerprint density at radius 1 is 0.468 bits per heavy atom. The molecule has 18 nitrogen and oxygen atoms in total. The van der Waals surface area contributed by atoms with Gasteiger partial charge in [-0.3, -0.25) is 4.18 Å². The third-order valence-electron chi connectivity index (χ3n) is 12.1. The van der Waals surface area contributed by atoms with E-state index in [2.05, 4.69) is 0 Å². The second kappa shape index (κ2) is 24.0. The first-order valence-corrected chi connectivity index (χ1v) is 25.1. The molecule has 9 rings (SSSR count). The van der Waals surface area contributed by atoms with Gasteiger partial charge in [0.2, 0.25) is 12.4 Å². The van der Waals surface area contributed by atoms with Crippen molar-refractivity contribution in [3.63, 3.8) is 0 Å². The van der Waals surface area contributed by atoms with Crippen LogP contribution in [0.25, 0.3) is 0 Å². The van der Waals surface area contributed by atoms with Crippen LogP contribution in [0.15, 0.2) is 182 Å². The van der Waals surface area contributed by atoms with Crippen LogP contribution < -0.4 is 0 Å². The molecular weight excluding hydrogens is 1040 g/mol. The van der Waals surface area contributed by atoms with Gasteiger partial charge >= 0.3 is 45.5 Å². The van der Waals surface area contributed by atoms with Crippen LogP contribution in [-0.2, 0) is 61.7 Å². The van der Waals surface area contributed by atoms with Crippen molar-refractivity contribution in [3.05, 3.63) is 215 Å². The molecule has 0 bridgehead atoms. The number of benzene rings is 6. The largest absolute Gasteiger partial charge is 0.523 e. The first-order chi connectivity index (χ1) is 37.1. The SMILES string of the molecule is O=C(OC[C@H]1O[C@H](OC(=O)c2ccccc2)[C@@H](OC(=O)c2ccccc2)[C@@H](OC(=O)c2ccccc2)[C@@H]1O[C@@H]1O[C@@H]2COC(c3ccccc3)O[C@@H]2[C@H](OS(=O)(=O)C(F)(F)F)[C@H]1OC(=O)c1ccccc1)c1ccccc1. The van der Waals surface area contributed by atoms with Gasteiger partial charge in [0.1, 0.15) is 37.1 Å². The van der Waals surface area contributed by atoms with Crippen LogP contribution in [0.2, 0.25) is 0 Å². The average Bonchev–Trinajstić information content (AvgIpc) is 3.45. The number of hydrogen-bond acceptors (Lipinski definition) is 18. The van der Waals surface area contributed by atoms with Gasteiger partial charge in [-0.15, -0.1) is 0 Å². The smallest absolute Gasteiger partial charge is 0.459 e. The predicted octanol–water partition coefficient (Wildman–Crippen LogP) is 7.56. The Labute approximate surface area is 437 Å². The second-order valence-corrected chi connectivity index (χ2v) is 18.8. The Morgan fingerprint density at radius 3 is 1.32 bits per heavy atom. The standard InChI is InChI=1S/C55H45F3O18S/c56-55(57,58)77(64,65)76-44-42-40(32-67-52(73-42)38-29-17-6-18-30-38)68-53(46(44)72-50(62)36-25-13-4-14-26-36)74-41-39(31-66-47(59)33-19-7-1-8-20-33)69-54(75-51(63)37-27-15-5-16-28-37)45(71-49(61)35-23-11-3-12-24-35)43(41)70-48(60)34-21-9-2-10-22-34/h1-30,39-46,52-54H,31-32H2/t39-,40-,41-,42+,43+,44+,45+,46-,52?,53+,54-/m1/s1. The zero-order chi connectivity index (χ0) is 54.1. The van der Waals surface area contributed by atoms with Gasteiger partial charge in [-0.1, -0.05) is 121 Å². The van der Waals surface area contributed by atoms with Gasteiger partial charge in [-0.25, -0.2) is 24.0 Å². The molecule has 6 aromatic rings. The molecule has 0 N–H and O–H groups in total. The minimum absolute atomic E-state index is 0.0213. The van der Waals surface area contributed by atoms with E-state index in [0.717, 1.165) is 0 Å². The minimum atomic E-state index is -6.60. The van der Waals surface area contributed by atoms with Gasteiger partial charge in [0.05, 0.1) is 34.4 Å². The van der Waals surface area contributed by atoms with Crippen LogP contribution in [0.3, 0.4) is 0 Å². The molecule has 0 radical (unpaired) electrons. The summed E-state index contributed by atoms with van der Waals surface area (Å²) in [6.07, 6.45) is -22.1. The van der Waals surface area contributed by atoms with Crippen LogP contribution in [0.1, 0.15) is 63.6 Å². The highest BCUT2D eigenvalue weighted by Crippen LogP contribution is 2.41. The Hall–Kier alpha value is -7.83. The summed E-state index contributed by atoms with van der Waals surface area (Å²) in [4.78, 5) is 70.3. The number of ether oxygens (including phenoxy) is 10. The number of carbonyl (C=O) groups excluding carboxylic acids is 5. The summed E-state index contributed by atoms with van der Waals surface area (Å²) in [7, 11) is -6.60. The Bertz CT molecular complexity index is 3090. The van der Waals surface area contributed by atoms with Crippen molar-refractivity contribution >= 4 is 40.0 Å². The molecule has 11 atom stereocenters. The minimum Gasteiger partial charge on any atom is -0.459 e. The molecule has 22 heteroatoms. The van der Waals surface area contributed by atoms with E-state index < -0.39 is 126 Å². The summed E-state index contributed by atoms with van der Waals surface area (Å²) in [5, 5.41) is 0. The molecule has 0 saturated carbocycles. The number of rotatable bonds is 16. The van der Waals surface area contributed by atoms with Crippen molar-refractivity contribution in [1.82, 2.24) is 0 Å². The average molecular weight is 1080 g/mol. The normalized spacial score (nSPS) is 25.2. The summed E-state index contributed by atoms with van der Waals surface area (Å²) >= 11 is 0. The molecule has 3 fully saturated rings. The maximum Gasteiger partial charge on any atom is 0.523 e. The van der Waals surface area contributed by atoms with Gasteiger partial charge in [0, 0.05) is 5.56 Å². The molecule has 6 aromatic carbocycles. The maximum absolute atomic E-state index is 14.5. The second-order valence-electron chi connectivity index (χ2n) is 17.3. The van der Waals surface area contributed by atoms with Crippen LogP contribution in [0.5, 0.6) is 0 Å². The third-order valence-corrected chi connectivity index (χ3v) is 13.2. The first-order valence-electron chi connectivity index (χ1n) is 23.7. The van der Waals surface area contributed by atoms with Crippen LogP contribution in [-0.4, -0.2) is 118 Å². The molecule has 1 unspecified atom stereocenters. The van der Waals surface area contributed by atoms with Crippen molar-refractivity contribution in [2.24, 2.45) is 0 Å². The van der Waals surface area contributed by atoms with E-state index in [0.29, 0.717) is 5.56 Å².